The fourth-order valence-corrected chi connectivity index (χ4v) is 8.39. The third-order valence-corrected chi connectivity index (χ3v) is 12.5. The van der Waals surface area contributed by atoms with Gasteiger partial charge in [-0.05, 0) is 25.2 Å². The van der Waals surface area contributed by atoms with Crippen molar-refractivity contribution in [2.24, 2.45) is 5.92 Å². The van der Waals surface area contributed by atoms with Crippen LogP contribution in [0.25, 0.3) is 0 Å². The van der Waals surface area contributed by atoms with Gasteiger partial charge in [0.05, 0.1) is 0 Å². The third-order valence-electron chi connectivity index (χ3n) is 12.5. The van der Waals surface area contributed by atoms with E-state index < -0.39 is 6.10 Å². The monoisotopic (exact) mass is 863 g/mol. The van der Waals surface area contributed by atoms with Crippen molar-refractivity contribution in [2.45, 2.75) is 316 Å². The molecule has 0 saturated carbocycles. The number of carbonyl (C=O) groups excluding carboxylic acids is 3. The number of rotatable bonds is 50. The van der Waals surface area contributed by atoms with E-state index in [-0.39, 0.29) is 31.1 Å². The summed E-state index contributed by atoms with van der Waals surface area (Å²) >= 11 is 0. The van der Waals surface area contributed by atoms with E-state index in [4.69, 9.17) is 14.2 Å². The molecular weight excluding hydrogens is 757 g/mol. The van der Waals surface area contributed by atoms with Crippen LogP contribution in [0.3, 0.4) is 0 Å². The van der Waals surface area contributed by atoms with Crippen LogP contribution in [0.1, 0.15) is 310 Å². The van der Waals surface area contributed by atoms with E-state index in [1.165, 1.54) is 205 Å². The van der Waals surface area contributed by atoms with Gasteiger partial charge in [-0.15, -0.1) is 0 Å². The molecule has 61 heavy (non-hydrogen) atoms. The summed E-state index contributed by atoms with van der Waals surface area (Å²) in [7, 11) is 0. The molecule has 0 aliphatic carbocycles. The molecule has 0 aliphatic heterocycles. The summed E-state index contributed by atoms with van der Waals surface area (Å²) < 4.78 is 16.8. The van der Waals surface area contributed by atoms with Crippen molar-refractivity contribution in [3.05, 3.63) is 0 Å². The lowest BCUT2D eigenvalue weighted by molar-refractivity contribution is -0.167. The molecule has 6 nitrogen and oxygen atoms in total. The maximum Gasteiger partial charge on any atom is 0.306 e. The predicted octanol–water partition coefficient (Wildman–Crippen LogP) is 17.8. The topological polar surface area (TPSA) is 78.9 Å². The largest absolute Gasteiger partial charge is 0.462 e. The summed E-state index contributed by atoms with van der Waals surface area (Å²) in [5, 5.41) is 0. The highest BCUT2D eigenvalue weighted by Gasteiger charge is 2.19. The third kappa shape index (κ3) is 49.3. The second-order valence-electron chi connectivity index (χ2n) is 19.3. The Balaban J connectivity index is 4.15. The number of ether oxygens (including phenoxy) is 3. The van der Waals surface area contributed by atoms with E-state index in [9.17, 15) is 14.4 Å². The molecule has 0 aromatic carbocycles. The van der Waals surface area contributed by atoms with E-state index in [2.05, 4.69) is 27.7 Å². The Morgan fingerprint density at radius 2 is 0.541 bits per heavy atom. The van der Waals surface area contributed by atoms with Gasteiger partial charge in [-0.25, -0.2) is 0 Å². The molecule has 6 heteroatoms. The maximum absolute atomic E-state index is 12.7. The first-order valence-corrected chi connectivity index (χ1v) is 27.4. The number of unbranched alkanes of at least 4 members (excludes halogenated alkanes) is 37. The van der Waals surface area contributed by atoms with Crippen molar-refractivity contribution in [3.63, 3.8) is 0 Å². The van der Waals surface area contributed by atoms with Crippen LogP contribution >= 0.6 is 0 Å². The van der Waals surface area contributed by atoms with Gasteiger partial charge in [-0.2, -0.15) is 0 Å². The molecule has 0 fully saturated rings. The van der Waals surface area contributed by atoms with Gasteiger partial charge >= 0.3 is 17.9 Å². The van der Waals surface area contributed by atoms with Gasteiger partial charge in [0.25, 0.3) is 0 Å². The smallest absolute Gasteiger partial charge is 0.306 e. The van der Waals surface area contributed by atoms with Crippen LogP contribution in [0.5, 0.6) is 0 Å². The fourth-order valence-electron chi connectivity index (χ4n) is 8.39. The first-order chi connectivity index (χ1) is 29.9. The van der Waals surface area contributed by atoms with Gasteiger partial charge in [-0.3, -0.25) is 14.4 Å². The molecule has 0 saturated heterocycles. The van der Waals surface area contributed by atoms with Gasteiger partial charge in [0.1, 0.15) is 13.2 Å². The molecule has 0 aromatic rings. The lowest BCUT2D eigenvalue weighted by Crippen LogP contribution is -2.30. The van der Waals surface area contributed by atoms with Crippen LogP contribution in [0.2, 0.25) is 0 Å². The van der Waals surface area contributed by atoms with Crippen LogP contribution in [0.15, 0.2) is 0 Å². The van der Waals surface area contributed by atoms with E-state index in [1.807, 2.05) is 0 Å². The second-order valence-corrected chi connectivity index (χ2v) is 19.3. The molecule has 0 N–H and O–H groups in total. The first kappa shape index (κ1) is 59.4. The number of esters is 3. The van der Waals surface area contributed by atoms with Crippen molar-refractivity contribution < 1.29 is 28.6 Å². The fraction of sp³-hybridized carbons (Fsp3) is 0.945. The van der Waals surface area contributed by atoms with Gasteiger partial charge < -0.3 is 14.2 Å². The van der Waals surface area contributed by atoms with Crippen molar-refractivity contribution in [1.82, 2.24) is 0 Å². The molecule has 362 valence electrons. The highest BCUT2D eigenvalue weighted by atomic mass is 16.6. The molecule has 0 spiro atoms. The molecule has 0 amide bonds. The zero-order chi connectivity index (χ0) is 44.5. The lowest BCUT2D eigenvalue weighted by Gasteiger charge is -2.18. The van der Waals surface area contributed by atoms with Crippen molar-refractivity contribution in [1.29, 1.82) is 0 Å². The molecule has 1 atom stereocenters. The van der Waals surface area contributed by atoms with Crippen LogP contribution in [-0.4, -0.2) is 37.2 Å². The minimum absolute atomic E-state index is 0.0625. The maximum atomic E-state index is 12.7. The molecule has 0 rings (SSSR count). The van der Waals surface area contributed by atoms with E-state index in [0.29, 0.717) is 19.3 Å². The summed E-state index contributed by atoms with van der Waals surface area (Å²) in [6, 6.07) is 0. The van der Waals surface area contributed by atoms with Crippen LogP contribution in [0.4, 0.5) is 0 Å². The highest BCUT2D eigenvalue weighted by Crippen LogP contribution is 2.17. The number of hydrogen-bond acceptors (Lipinski definition) is 6. The predicted molar refractivity (Wildman–Crippen MR) is 261 cm³/mol. The van der Waals surface area contributed by atoms with Gasteiger partial charge in [0.15, 0.2) is 6.10 Å². The second kappa shape index (κ2) is 49.4. The van der Waals surface area contributed by atoms with Gasteiger partial charge in [0, 0.05) is 19.3 Å². The quantitative estimate of drug-likeness (QED) is 0.0344. The lowest BCUT2D eigenvalue weighted by atomic mass is 10.0. The Morgan fingerprint density at radius 3 is 0.803 bits per heavy atom. The molecular formula is C55H106O6. The highest BCUT2D eigenvalue weighted by molar-refractivity contribution is 5.71. The minimum atomic E-state index is -0.760. The van der Waals surface area contributed by atoms with Crippen LogP contribution in [-0.2, 0) is 28.6 Å². The standard InChI is InChI=1S/C55H106O6/c1-5-7-9-11-13-15-16-23-27-31-34-38-42-46-53(56)59-49-52(61-55(58)48-44-40-36-29-14-12-10-8-6-2)50-60-54(57)47-43-39-35-32-28-25-22-20-18-17-19-21-24-26-30-33-37-41-45-51(3)4/h51-52H,5-50H2,1-4H3/t52-/m0/s1. The number of carbonyl (C=O) groups is 3. The molecule has 0 radical (unpaired) electrons. The van der Waals surface area contributed by atoms with E-state index >= 15 is 0 Å². The summed E-state index contributed by atoms with van der Waals surface area (Å²) in [4.78, 5) is 37.9. The van der Waals surface area contributed by atoms with Crippen LogP contribution < -0.4 is 0 Å². The average Bonchev–Trinajstić information content (AvgIpc) is 3.24. The average molecular weight is 863 g/mol. The Labute approximate surface area is 380 Å². The van der Waals surface area contributed by atoms with E-state index in [1.54, 1.807) is 0 Å². The van der Waals surface area contributed by atoms with Gasteiger partial charge in [-0.1, -0.05) is 272 Å². The number of hydrogen-bond donors (Lipinski definition) is 0. The normalized spacial score (nSPS) is 12.0. The Morgan fingerprint density at radius 1 is 0.311 bits per heavy atom. The molecule has 0 bridgehead atoms. The summed E-state index contributed by atoms with van der Waals surface area (Å²) in [5.41, 5.74) is 0. The Kier molecular flexibility index (Phi) is 48.1. The summed E-state index contributed by atoms with van der Waals surface area (Å²) in [5.74, 6) is 0.0156. The van der Waals surface area contributed by atoms with E-state index in [0.717, 1.165) is 63.7 Å². The Bertz CT molecular complexity index is 918. The van der Waals surface area contributed by atoms with Crippen molar-refractivity contribution >= 4 is 17.9 Å². The SMILES string of the molecule is CCCCCCCCCCCCCCCC(=O)OC[C@@H](COC(=O)CCCCCCCCCCCCCCCCCCCCC(C)C)OC(=O)CCCCCCCCCCC. The zero-order valence-electron chi connectivity index (χ0n) is 41.6. The van der Waals surface area contributed by atoms with Gasteiger partial charge in [0.2, 0.25) is 0 Å². The zero-order valence-corrected chi connectivity index (χ0v) is 41.6. The molecule has 0 aromatic heterocycles. The molecule has 0 unspecified atom stereocenters. The minimum Gasteiger partial charge on any atom is -0.462 e. The van der Waals surface area contributed by atoms with Crippen molar-refractivity contribution in [2.75, 3.05) is 13.2 Å². The molecule has 0 aliphatic rings. The van der Waals surface area contributed by atoms with Crippen LogP contribution in [0, 0.1) is 5.92 Å². The summed E-state index contributed by atoms with van der Waals surface area (Å²) in [6.07, 6.45) is 52.4. The first-order valence-electron chi connectivity index (χ1n) is 27.4. The molecule has 0 heterocycles. The Hall–Kier alpha value is -1.59. The van der Waals surface area contributed by atoms with Crippen molar-refractivity contribution in [3.8, 4) is 0 Å². The summed E-state index contributed by atoms with van der Waals surface area (Å²) in [6.45, 7) is 9.04.